The minimum Gasteiger partial charge on any atom is -0.495 e. The lowest BCUT2D eigenvalue weighted by atomic mass is 10.1. The Morgan fingerprint density at radius 2 is 2.00 bits per heavy atom. The molecule has 1 N–H and O–H groups in total. The summed E-state index contributed by atoms with van der Waals surface area (Å²) in [5.41, 5.74) is 4.44. The molecule has 4 nitrogen and oxygen atoms in total. The summed E-state index contributed by atoms with van der Waals surface area (Å²) in [6.07, 6.45) is 4.70. The van der Waals surface area contributed by atoms with Crippen molar-refractivity contribution in [1.29, 1.82) is 0 Å². The summed E-state index contributed by atoms with van der Waals surface area (Å²) in [5.74, 6) is 0.892. The topological polar surface area (TPSA) is 43.3 Å². The number of unbranched alkanes of at least 4 members (excludes halogenated alkanes) is 1. The first-order chi connectivity index (χ1) is 13.1. The van der Waals surface area contributed by atoms with Gasteiger partial charge in [-0.15, -0.1) is 0 Å². The summed E-state index contributed by atoms with van der Waals surface area (Å²) in [6.45, 7) is 5.73. The van der Waals surface area contributed by atoms with Crippen LogP contribution in [0.4, 0.5) is 0 Å². The summed E-state index contributed by atoms with van der Waals surface area (Å²) < 4.78 is 7.78. The van der Waals surface area contributed by atoms with Crippen molar-refractivity contribution < 1.29 is 9.53 Å². The number of fused-ring (bicyclic) bond motifs is 1. The van der Waals surface area contributed by atoms with Gasteiger partial charge in [-0.3, -0.25) is 4.79 Å². The average molecular weight is 364 g/mol. The predicted molar refractivity (Wildman–Crippen MR) is 110 cm³/mol. The molecule has 0 radical (unpaired) electrons. The van der Waals surface area contributed by atoms with Gasteiger partial charge in [0.1, 0.15) is 5.75 Å². The van der Waals surface area contributed by atoms with Crippen LogP contribution in [0.5, 0.6) is 5.75 Å². The van der Waals surface area contributed by atoms with E-state index < -0.39 is 0 Å². The number of aryl methyl sites for hydroxylation is 2. The van der Waals surface area contributed by atoms with Gasteiger partial charge >= 0.3 is 0 Å². The second-order valence-corrected chi connectivity index (χ2v) is 7.00. The Bertz CT molecular complexity index is 927. The first-order valence-corrected chi connectivity index (χ1v) is 9.59. The number of nitrogens with one attached hydrogen (secondary N) is 1. The lowest BCUT2D eigenvalue weighted by molar-refractivity contribution is -0.120. The fourth-order valence-corrected chi connectivity index (χ4v) is 3.47. The third-order valence-corrected chi connectivity index (χ3v) is 4.84. The third-order valence-electron chi connectivity index (χ3n) is 4.84. The molecule has 27 heavy (non-hydrogen) atoms. The van der Waals surface area contributed by atoms with E-state index in [1.807, 2.05) is 24.3 Å². The van der Waals surface area contributed by atoms with Crippen LogP contribution in [0.2, 0.25) is 0 Å². The van der Waals surface area contributed by atoms with Gasteiger partial charge in [-0.25, -0.2) is 0 Å². The maximum Gasteiger partial charge on any atom is 0.224 e. The number of ether oxygens (including phenoxy) is 1. The zero-order chi connectivity index (χ0) is 19.2. The highest BCUT2D eigenvalue weighted by Crippen LogP contribution is 2.30. The number of carbonyl (C=O) groups is 1. The van der Waals surface area contributed by atoms with Crippen LogP contribution in [0.15, 0.2) is 48.7 Å². The van der Waals surface area contributed by atoms with E-state index in [1.165, 1.54) is 5.56 Å². The van der Waals surface area contributed by atoms with Crippen LogP contribution in [-0.2, 0) is 24.3 Å². The van der Waals surface area contributed by atoms with Crippen molar-refractivity contribution in [2.24, 2.45) is 0 Å². The van der Waals surface area contributed by atoms with Gasteiger partial charge in [0, 0.05) is 24.7 Å². The summed E-state index contributed by atoms with van der Waals surface area (Å²) >= 11 is 0. The molecule has 3 rings (SSSR count). The average Bonchev–Trinajstić information content (AvgIpc) is 3.02. The lowest BCUT2D eigenvalue weighted by Crippen LogP contribution is -2.24. The van der Waals surface area contributed by atoms with E-state index >= 15 is 0 Å². The number of methoxy groups -OCH3 is 1. The standard InChI is InChI=1S/C23H28N2O2/c1-4-5-12-25-16-19(20-10-7-11-21(27-3)23(20)25)14-22(26)24-15-18-9-6-8-17(2)13-18/h6-11,13,16H,4-5,12,14-15H2,1-3H3,(H,24,26). The molecule has 0 spiro atoms. The van der Waals surface area contributed by atoms with Gasteiger partial charge in [0.25, 0.3) is 0 Å². The molecule has 0 unspecified atom stereocenters. The SMILES string of the molecule is CCCCn1cc(CC(=O)NCc2cccc(C)c2)c2cccc(OC)c21. The van der Waals surface area contributed by atoms with Crippen molar-refractivity contribution in [3.63, 3.8) is 0 Å². The van der Waals surface area contributed by atoms with Gasteiger partial charge in [-0.05, 0) is 30.5 Å². The molecule has 4 heteroatoms. The molecule has 0 aliphatic rings. The zero-order valence-electron chi connectivity index (χ0n) is 16.4. The fourth-order valence-electron chi connectivity index (χ4n) is 3.47. The Hall–Kier alpha value is -2.75. The number of carbonyl (C=O) groups excluding carboxylic acids is 1. The van der Waals surface area contributed by atoms with Gasteiger partial charge in [-0.1, -0.05) is 55.3 Å². The maximum absolute atomic E-state index is 12.5. The number of para-hydroxylation sites is 1. The van der Waals surface area contributed by atoms with Crippen LogP contribution in [0.3, 0.4) is 0 Å². The Balaban J connectivity index is 1.78. The van der Waals surface area contributed by atoms with Gasteiger partial charge in [0.2, 0.25) is 5.91 Å². The van der Waals surface area contributed by atoms with Gasteiger partial charge in [0.15, 0.2) is 0 Å². The number of rotatable bonds is 8. The van der Waals surface area contributed by atoms with E-state index in [4.69, 9.17) is 4.74 Å². The van der Waals surface area contributed by atoms with Crippen LogP contribution in [0.1, 0.15) is 36.5 Å². The van der Waals surface area contributed by atoms with E-state index in [-0.39, 0.29) is 5.91 Å². The van der Waals surface area contributed by atoms with E-state index in [2.05, 4.69) is 48.1 Å². The molecular formula is C23H28N2O2. The molecule has 0 aliphatic heterocycles. The van der Waals surface area contributed by atoms with Crippen LogP contribution in [0.25, 0.3) is 10.9 Å². The molecule has 2 aromatic carbocycles. The highest BCUT2D eigenvalue weighted by Gasteiger charge is 2.15. The molecule has 1 amide bonds. The van der Waals surface area contributed by atoms with Crippen molar-refractivity contribution >= 4 is 16.8 Å². The summed E-state index contributed by atoms with van der Waals surface area (Å²) in [4.78, 5) is 12.5. The Morgan fingerprint density at radius 1 is 1.19 bits per heavy atom. The second-order valence-electron chi connectivity index (χ2n) is 7.00. The van der Waals surface area contributed by atoms with E-state index in [1.54, 1.807) is 7.11 Å². The molecule has 0 aliphatic carbocycles. The predicted octanol–water partition coefficient (Wildman–Crippen LogP) is 4.62. The van der Waals surface area contributed by atoms with Crippen molar-refractivity contribution in [1.82, 2.24) is 9.88 Å². The number of benzene rings is 2. The summed E-state index contributed by atoms with van der Waals surface area (Å²) in [5, 5.41) is 4.13. The summed E-state index contributed by atoms with van der Waals surface area (Å²) in [7, 11) is 1.69. The first-order valence-electron chi connectivity index (χ1n) is 9.59. The normalized spacial score (nSPS) is 10.9. The monoisotopic (exact) mass is 364 g/mol. The fraction of sp³-hybridized carbons (Fsp3) is 0.348. The number of amides is 1. The van der Waals surface area contributed by atoms with Crippen molar-refractivity contribution in [3.8, 4) is 5.75 Å². The van der Waals surface area contributed by atoms with E-state index in [9.17, 15) is 4.79 Å². The number of nitrogens with zero attached hydrogens (tertiary/aromatic N) is 1. The van der Waals surface area contributed by atoms with Crippen molar-refractivity contribution in [3.05, 3.63) is 65.4 Å². The van der Waals surface area contributed by atoms with E-state index in [0.29, 0.717) is 13.0 Å². The largest absolute Gasteiger partial charge is 0.495 e. The lowest BCUT2D eigenvalue weighted by Gasteiger charge is -2.08. The number of hydrogen-bond donors (Lipinski definition) is 1. The molecule has 3 aromatic rings. The first kappa shape index (κ1) is 19.0. The molecule has 0 fully saturated rings. The van der Waals surface area contributed by atoms with Crippen LogP contribution in [-0.4, -0.2) is 17.6 Å². The molecule has 0 atom stereocenters. The molecule has 1 aromatic heterocycles. The highest BCUT2D eigenvalue weighted by atomic mass is 16.5. The molecule has 0 bridgehead atoms. The van der Waals surface area contributed by atoms with Crippen LogP contribution in [0, 0.1) is 6.92 Å². The van der Waals surface area contributed by atoms with Crippen LogP contribution >= 0.6 is 0 Å². The number of aromatic nitrogens is 1. The number of hydrogen-bond acceptors (Lipinski definition) is 2. The minimum absolute atomic E-state index is 0.0360. The van der Waals surface area contributed by atoms with Crippen molar-refractivity contribution in [2.75, 3.05) is 7.11 Å². The Morgan fingerprint density at radius 3 is 2.74 bits per heavy atom. The molecule has 142 valence electrons. The van der Waals surface area contributed by atoms with Gasteiger partial charge in [0.05, 0.1) is 19.0 Å². The molecular weight excluding hydrogens is 336 g/mol. The van der Waals surface area contributed by atoms with Crippen molar-refractivity contribution in [2.45, 2.75) is 46.2 Å². The quantitative estimate of drug-likeness (QED) is 0.634. The zero-order valence-corrected chi connectivity index (χ0v) is 16.4. The molecule has 0 saturated heterocycles. The smallest absolute Gasteiger partial charge is 0.224 e. The van der Waals surface area contributed by atoms with Gasteiger partial charge in [-0.2, -0.15) is 0 Å². The molecule has 1 heterocycles. The summed E-state index contributed by atoms with van der Waals surface area (Å²) in [6, 6.07) is 14.3. The molecule has 0 saturated carbocycles. The Labute approximate surface area is 161 Å². The Kier molecular flexibility index (Phi) is 6.17. The third kappa shape index (κ3) is 4.51. The highest BCUT2D eigenvalue weighted by molar-refractivity contribution is 5.92. The second kappa shape index (κ2) is 8.76. The van der Waals surface area contributed by atoms with E-state index in [0.717, 1.165) is 47.2 Å². The van der Waals surface area contributed by atoms with Crippen LogP contribution < -0.4 is 10.1 Å². The maximum atomic E-state index is 12.5. The van der Waals surface area contributed by atoms with Gasteiger partial charge < -0.3 is 14.6 Å². The minimum atomic E-state index is 0.0360.